The highest BCUT2D eigenvalue weighted by Gasteiger charge is 2.46. The summed E-state index contributed by atoms with van der Waals surface area (Å²) < 4.78 is 23.0. The van der Waals surface area contributed by atoms with Crippen LogP contribution < -0.4 is 30.2 Å². The van der Waals surface area contributed by atoms with Gasteiger partial charge in [-0.1, -0.05) is 18.9 Å². The molecule has 10 nitrogen and oxygen atoms in total. The summed E-state index contributed by atoms with van der Waals surface area (Å²) in [6.45, 7) is 0.358. The molecule has 2 aromatic rings. The lowest BCUT2D eigenvalue weighted by molar-refractivity contribution is -0.142. The number of amides is 3. The smallest absolute Gasteiger partial charge is 0.319 e. The first-order chi connectivity index (χ1) is 18.6. The van der Waals surface area contributed by atoms with Gasteiger partial charge in [0.2, 0.25) is 12.7 Å². The van der Waals surface area contributed by atoms with E-state index in [2.05, 4.69) is 16.0 Å². The van der Waals surface area contributed by atoms with Crippen LogP contribution in [0.2, 0.25) is 0 Å². The lowest BCUT2D eigenvalue weighted by Gasteiger charge is -2.37. The van der Waals surface area contributed by atoms with Crippen molar-refractivity contribution in [2.45, 2.75) is 75.3 Å². The van der Waals surface area contributed by atoms with Crippen LogP contribution in [0.3, 0.4) is 0 Å². The third-order valence-corrected chi connectivity index (χ3v) is 7.79. The van der Waals surface area contributed by atoms with Crippen LogP contribution >= 0.6 is 0 Å². The summed E-state index contributed by atoms with van der Waals surface area (Å²) in [4.78, 5) is 25.3. The summed E-state index contributed by atoms with van der Waals surface area (Å²) >= 11 is 0. The van der Waals surface area contributed by atoms with E-state index in [0.717, 1.165) is 42.6 Å². The van der Waals surface area contributed by atoms with Gasteiger partial charge in [-0.25, -0.2) is 4.79 Å². The fourth-order valence-electron chi connectivity index (χ4n) is 5.92. The molecule has 0 aromatic heterocycles. The summed E-state index contributed by atoms with van der Waals surface area (Å²) in [5.74, 6) is 1.90. The number of aliphatic hydroxyl groups is 1. The van der Waals surface area contributed by atoms with Gasteiger partial charge in [0.05, 0.1) is 19.1 Å². The molecule has 0 bridgehead atoms. The number of rotatable bonds is 7. The first kappa shape index (κ1) is 24.8. The molecule has 0 spiro atoms. The van der Waals surface area contributed by atoms with E-state index in [1.807, 2.05) is 36.4 Å². The first-order valence-corrected chi connectivity index (χ1v) is 13.4. The number of nitrogens with one attached hydrogen (secondary N) is 3. The second-order valence-corrected chi connectivity index (χ2v) is 10.4. The minimum atomic E-state index is -0.546. The number of carbonyl (C=O) groups excluding carboxylic acids is 2. The van der Waals surface area contributed by atoms with Crippen LogP contribution in [0.5, 0.6) is 17.2 Å². The van der Waals surface area contributed by atoms with Gasteiger partial charge in [0, 0.05) is 29.8 Å². The molecule has 1 saturated carbocycles. The van der Waals surface area contributed by atoms with E-state index in [0.29, 0.717) is 30.2 Å². The maximum absolute atomic E-state index is 12.8. The normalized spacial score (nSPS) is 25.3. The van der Waals surface area contributed by atoms with Crippen LogP contribution in [0.15, 0.2) is 36.4 Å². The van der Waals surface area contributed by atoms with E-state index in [1.54, 1.807) is 0 Å². The minimum Gasteiger partial charge on any atom is -0.487 e. The molecule has 3 heterocycles. The lowest BCUT2D eigenvalue weighted by atomic mass is 9.84. The topological polar surface area (TPSA) is 127 Å². The summed E-state index contributed by atoms with van der Waals surface area (Å²) in [6, 6.07) is 11.2. The second-order valence-electron chi connectivity index (χ2n) is 10.4. The molecule has 10 heteroatoms. The Morgan fingerprint density at radius 2 is 1.82 bits per heavy atom. The third-order valence-electron chi connectivity index (χ3n) is 7.79. The van der Waals surface area contributed by atoms with Gasteiger partial charge < -0.3 is 40.0 Å². The van der Waals surface area contributed by atoms with Crippen LogP contribution in [0.1, 0.15) is 55.6 Å². The molecule has 4 aliphatic rings. The number of fused-ring (bicyclic) bond motifs is 4. The number of urea groups is 1. The minimum absolute atomic E-state index is 0.0535. The predicted octanol–water partition coefficient (Wildman–Crippen LogP) is 3.18. The molecule has 4 N–H and O–H groups in total. The SMILES string of the molecule is O=C(C[C@H]1C[C@@H]2c3cc(NC(=O)NC4CCCC4)ccc3O[C@@H]2[C@H](CO)O1)NCc1ccc2c(c1)OCO2. The number of aliphatic hydroxyl groups excluding tert-OH is 1. The zero-order valence-corrected chi connectivity index (χ0v) is 21.1. The molecule has 3 amide bonds. The van der Waals surface area contributed by atoms with Crippen LogP contribution in [-0.4, -0.2) is 54.8 Å². The second kappa shape index (κ2) is 10.7. The zero-order valence-electron chi connectivity index (χ0n) is 21.1. The molecule has 1 saturated heterocycles. The molecular formula is C28H33N3O7. The van der Waals surface area contributed by atoms with Crippen molar-refractivity contribution in [2.75, 3.05) is 18.7 Å². The van der Waals surface area contributed by atoms with Crippen molar-refractivity contribution in [3.05, 3.63) is 47.5 Å². The van der Waals surface area contributed by atoms with E-state index < -0.39 is 6.10 Å². The molecule has 2 fully saturated rings. The Hall–Kier alpha value is -3.50. The van der Waals surface area contributed by atoms with Gasteiger partial charge in [-0.05, 0) is 55.2 Å². The maximum Gasteiger partial charge on any atom is 0.319 e. The average Bonchev–Trinajstić information content (AvgIpc) is 3.67. The Balaban J connectivity index is 1.08. The molecule has 0 unspecified atom stereocenters. The Labute approximate surface area is 221 Å². The van der Waals surface area contributed by atoms with E-state index >= 15 is 0 Å². The van der Waals surface area contributed by atoms with Gasteiger partial charge in [-0.2, -0.15) is 0 Å². The number of anilines is 1. The number of benzene rings is 2. The first-order valence-electron chi connectivity index (χ1n) is 13.4. The monoisotopic (exact) mass is 523 g/mol. The Kier molecular flexibility index (Phi) is 6.99. The van der Waals surface area contributed by atoms with Crippen molar-refractivity contribution in [3.8, 4) is 17.2 Å². The highest BCUT2D eigenvalue weighted by molar-refractivity contribution is 5.89. The van der Waals surface area contributed by atoms with Crippen molar-refractivity contribution in [2.24, 2.45) is 0 Å². The van der Waals surface area contributed by atoms with Gasteiger partial charge in [0.15, 0.2) is 11.5 Å². The molecule has 2 aromatic carbocycles. The Morgan fingerprint density at radius 1 is 1.00 bits per heavy atom. The summed E-state index contributed by atoms with van der Waals surface area (Å²) in [5.41, 5.74) is 2.56. The van der Waals surface area contributed by atoms with Gasteiger partial charge in [-0.15, -0.1) is 0 Å². The zero-order chi connectivity index (χ0) is 26.1. The number of hydrogen-bond acceptors (Lipinski definition) is 7. The molecule has 4 atom stereocenters. The van der Waals surface area contributed by atoms with Crippen molar-refractivity contribution >= 4 is 17.6 Å². The van der Waals surface area contributed by atoms with E-state index in [9.17, 15) is 14.7 Å². The third kappa shape index (κ3) is 5.23. The van der Waals surface area contributed by atoms with Crippen LogP contribution in [-0.2, 0) is 16.1 Å². The number of carbonyl (C=O) groups is 2. The van der Waals surface area contributed by atoms with Crippen molar-refractivity contribution in [1.29, 1.82) is 0 Å². The van der Waals surface area contributed by atoms with E-state index in [4.69, 9.17) is 18.9 Å². The summed E-state index contributed by atoms with van der Waals surface area (Å²) in [5, 5.41) is 18.9. The predicted molar refractivity (Wildman–Crippen MR) is 137 cm³/mol. The molecule has 1 aliphatic carbocycles. The van der Waals surface area contributed by atoms with Gasteiger partial charge in [0.25, 0.3) is 0 Å². The fraction of sp³-hybridized carbons (Fsp3) is 0.500. The number of ether oxygens (including phenoxy) is 4. The molecule has 202 valence electrons. The highest BCUT2D eigenvalue weighted by Crippen LogP contribution is 2.47. The van der Waals surface area contributed by atoms with Crippen molar-refractivity contribution < 1.29 is 33.6 Å². The maximum atomic E-state index is 12.8. The van der Waals surface area contributed by atoms with E-state index in [-0.39, 0.29) is 55.9 Å². The van der Waals surface area contributed by atoms with Gasteiger partial charge in [-0.3, -0.25) is 4.79 Å². The quantitative estimate of drug-likeness (QED) is 0.439. The Morgan fingerprint density at radius 3 is 2.66 bits per heavy atom. The largest absolute Gasteiger partial charge is 0.487 e. The highest BCUT2D eigenvalue weighted by atomic mass is 16.7. The number of hydrogen-bond donors (Lipinski definition) is 4. The molecule has 6 rings (SSSR count). The molecule has 38 heavy (non-hydrogen) atoms. The average molecular weight is 524 g/mol. The standard InChI is InChI=1S/C28H33N3O7/c32-14-25-27-21(20-10-18(6-8-22(20)38-27)31-28(34)30-17-3-1-2-4-17)11-19(37-25)12-26(33)29-13-16-5-7-23-24(9-16)36-15-35-23/h5-10,17,19,21,25,27,32H,1-4,11-15H2,(H,29,33)(H2,30,31,34)/t19-,21-,25+,27+/m1/s1. The van der Waals surface area contributed by atoms with Crippen LogP contribution in [0.25, 0.3) is 0 Å². The van der Waals surface area contributed by atoms with Gasteiger partial charge >= 0.3 is 6.03 Å². The molecule has 3 aliphatic heterocycles. The lowest BCUT2D eigenvalue weighted by Crippen LogP contribution is -2.47. The molecular weight excluding hydrogens is 490 g/mol. The van der Waals surface area contributed by atoms with Crippen LogP contribution in [0, 0.1) is 0 Å². The molecule has 0 radical (unpaired) electrons. The van der Waals surface area contributed by atoms with Crippen molar-refractivity contribution in [1.82, 2.24) is 10.6 Å². The fourth-order valence-corrected chi connectivity index (χ4v) is 5.92. The summed E-state index contributed by atoms with van der Waals surface area (Å²) in [6.07, 6.45) is 3.81. The Bertz CT molecular complexity index is 1200. The van der Waals surface area contributed by atoms with E-state index in [1.165, 1.54) is 0 Å². The van der Waals surface area contributed by atoms with Gasteiger partial charge in [0.1, 0.15) is 18.0 Å². The van der Waals surface area contributed by atoms with Crippen LogP contribution in [0.4, 0.5) is 10.5 Å². The summed E-state index contributed by atoms with van der Waals surface area (Å²) in [7, 11) is 0. The van der Waals surface area contributed by atoms with Crippen molar-refractivity contribution in [3.63, 3.8) is 0 Å².